The van der Waals surface area contributed by atoms with Crippen molar-refractivity contribution < 1.29 is 198 Å². The van der Waals surface area contributed by atoms with Gasteiger partial charge in [0.2, 0.25) is 52.3 Å². The SMILES string of the molecule is O=C(OC1OC2COC(=O)c3cc(O)c(O)c(O)c3-c3c(cc(O)c(O)c3O)C(=O)OC2C(O)C1O)c1cc(O)c(O)c(O)c1Oc1cc2c(c(O)c1O)-c1c(cc(O)c(O)c1O)C(=O)OCC1OC(O)C3OC(=O)c4cc(O)c(O)c(O)c4-c4c(cc(O)c(O)c4O)C(=O)OC3C1OC2=O. The average molecular weight is 1420 g/mol. The summed E-state index contributed by atoms with van der Waals surface area (Å²) in [6, 6.07) is 2.41. The van der Waals surface area contributed by atoms with Gasteiger partial charge < -0.3 is 165 Å². The summed E-state index contributed by atoms with van der Waals surface area (Å²) in [6.45, 7) is -2.60. The third-order valence-electron chi connectivity index (χ3n) is 16.4. The first kappa shape index (κ1) is 67.4. The lowest BCUT2D eigenvalue weighted by atomic mass is 9.91. The minimum absolute atomic E-state index is 0.224. The fourth-order valence-electron chi connectivity index (χ4n) is 11.5. The molecule has 5 aliphatic rings. The maximum absolute atomic E-state index is 15.2. The van der Waals surface area contributed by atoms with Gasteiger partial charge in [-0.05, 0) is 30.3 Å². The van der Waals surface area contributed by atoms with E-state index in [0.29, 0.717) is 30.3 Å². The predicted octanol–water partition coefficient (Wildman–Crippen LogP) is 0.769. The van der Waals surface area contributed by atoms with Crippen molar-refractivity contribution in [2.45, 2.75) is 61.4 Å². The third kappa shape index (κ3) is 10.7. The van der Waals surface area contributed by atoms with Crippen LogP contribution in [0.25, 0.3) is 33.4 Å². The molecule has 2 fully saturated rings. The molecule has 10 unspecified atom stereocenters. The normalized spacial score (nSPS) is 22.5. The van der Waals surface area contributed by atoms with Crippen molar-refractivity contribution >= 4 is 41.8 Å². The summed E-state index contributed by atoms with van der Waals surface area (Å²) in [6.07, 6.45) is -24.9. The quantitative estimate of drug-likeness (QED) is 0.0657. The predicted molar refractivity (Wildman–Crippen MR) is 310 cm³/mol. The van der Waals surface area contributed by atoms with E-state index in [1.54, 1.807) is 0 Å². The van der Waals surface area contributed by atoms with Crippen molar-refractivity contribution in [3.05, 3.63) is 81.4 Å². The highest BCUT2D eigenvalue weighted by atomic mass is 16.7. The van der Waals surface area contributed by atoms with E-state index in [1.165, 1.54) is 0 Å². The number of esters is 7. The van der Waals surface area contributed by atoms with Crippen LogP contribution in [-0.2, 0) is 42.6 Å². The Morgan fingerprint density at radius 3 is 1.06 bits per heavy atom. The topological polar surface area (TPSA) is 677 Å². The number of phenolic OH excluding ortho intramolecular Hbond substituents is 20. The van der Waals surface area contributed by atoms with Gasteiger partial charge in [0.25, 0.3) is 0 Å². The van der Waals surface area contributed by atoms with E-state index in [4.69, 9.17) is 47.4 Å². The van der Waals surface area contributed by atoms with Crippen LogP contribution in [0.3, 0.4) is 0 Å². The van der Waals surface area contributed by atoms with Crippen molar-refractivity contribution in [2.24, 2.45) is 0 Å². The van der Waals surface area contributed by atoms with E-state index < -0.39 is 315 Å². The van der Waals surface area contributed by atoms with Crippen LogP contribution in [0.5, 0.6) is 126 Å². The molecule has 0 bridgehead atoms. The second kappa shape index (κ2) is 24.2. The van der Waals surface area contributed by atoms with E-state index in [-0.39, 0.29) is 12.1 Å². The van der Waals surface area contributed by atoms with Crippen molar-refractivity contribution in [1.29, 1.82) is 0 Å². The Hall–Kier alpha value is -13.6. The average Bonchev–Trinajstić information content (AvgIpc) is 1.56. The van der Waals surface area contributed by atoms with E-state index in [0.717, 1.165) is 0 Å². The summed E-state index contributed by atoms with van der Waals surface area (Å²) < 4.78 is 55.0. The number of fused-ring (bicyclic) bond motifs is 13. The molecule has 12 rings (SSSR count). The van der Waals surface area contributed by atoms with Crippen molar-refractivity contribution in [2.75, 3.05) is 13.2 Å². The number of carbonyl (C=O) groups is 7. The highest BCUT2D eigenvalue weighted by molar-refractivity contribution is 6.12. The van der Waals surface area contributed by atoms with Gasteiger partial charge in [-0.2, -0.15) is 0 Å². The summed E-state index contributed by atoms with van der Waals surface area (Å²) >= 11 is 0. The van der Waals surface area contributed by atoms with Gasteiger partial charge in [0, 0.05) is 45.5 Å². The van der Waals surface area contributed by atoms with E-state index in [1.807, 2.05) is 0 Å². The maximum Gasteiger partial charge on any atom is 0.344 e. The summed E-state index contributed by atoms with van der Waals surface area (Å²) in [5.74, 6) is -45.3. The Morgan fingerprint density at radius 1 is 0.337 bits per heavy atom. The number of aromatic hydroxyl groups is 20. The van der Waals surface area contributed by atoms with Gasteiger partial charge in [-0.25, -0.2) is 33.6 Å². The van der Waals surface area contributed by atoms with Gasteiger partial charge in [0.05, 0.1) is 33.4 Å². The molecule has 7 aromatic carbocycles. The molecule has 101 heavy (non-hydrogen) atoms. The number of hydrogen-bond donors (Lipinski definition) is 23. The minimum atomic E-state index is -2.66. The number of benzene rings is 7. The summed E-state index contributed by atoms with van der Waals surface area (Å²) in [7, 11) is 0. The molecule has 0 aromatic heterocycles. The highest BCUT2D eigenvalue weighted by Gasteiger charge is 2.55. The lowest BCUT2D eigenvalue weighted by Crippen LogP contribution is -2.62. The van der Waals surface area contributed by atoms with Gasteiger partial charge in [0.15, 0.2) is 111 Å². The van der Waals surface area contributed by atoms with Crippen LogP contribution in [0.15, 0.2) is 42.5 Å². The number of ether oxygens (including phenoxy) is 10. The largest absolute Gasteiger partial charge is 0.504 e. The molecular weight excluding hydrogens is 1370 g/mol. The van der Waals surface area contributed by atoms with Crippen molar-refractivity contribution in [3.8, 4) is 160 Å². The van der Waals surface area contributed by atoms with Crippen LogP contribution in [0.1, 0.15) is 72.5 Å². The van der Waals surface area contributed by atoms with Crippen LogP contribution < -0.4 is 4.74 Å². The molecule has 0 radical (unpaired) electrons. The van der Waals surface area contributed by atoms with Gasteiger partial charge >= 0.3 is 41.8 Å². The molecular formula is C61H44O40. The number of aliphatic hydroxyl groups excluding tert-OH is 3. The number of cyclic esters (lactones) is 2. The smallest absolute Gasteiger partial charge is 0.344 e. The zero-order chi connectivity index (χ0) is 73.5. The second-order valence-corrected chi connectivity index (χ2v) is 22.3. The second-order valence-electron chi connectivity index (χ2n) is 22.3. The Balaban J connectivity index is 0.933. The fraction of sp³-hybridized carbons (Fsp3) is 0.197. The molecule has 2 saturated heterocycles. The molecule has 0 amide bonds. The molecule has 0 saturated carbocycles. The fourth-order valence-corrected chi connectivity index (χ4v) is 11.5. The molecule has 528 valence electrons. The molecule has 0 spiro atoms. The number of hydrogen-bond acceptors (Lipinski definition) is 40. The molecule has 7 aromatic rings. The Kier molecular flexibility index (Phi) is 16.2. The molecule has 10 atom stereocenters. The lowest BCUT2D eigenvalue weighted by Gasteiger charge is -2.43. The van der Waals surface area contributed by atoms with Crippen molar-refractivity contribution in [3.63, 3.8) is 0 Å². The van der Waals surface area contributed by atoms with E-state index >= 15 is 4.79 Å². The van der Waals surface area contributed by atoms with E-state index in [9.17, 15) is 146 Å². The molecule has 23 N–H and O–H groups in total. The number of phenols is 20. The molecule has 40 heteroatoms. The van der Waals surface area contributed by atoms with Crippen LogP contribution >= 0.6 is 0 Å². The highest BCUT2D eigenvalue weighted by Crippen LogP contribution is 2.59. The molecule has 5 heterocycles. The lowest BCUT2D eigenvalue weighted by molar-refractivity contribution is -0.284. The first-order valence-corrected chi connectivity index (χ1v) is 28.2. The van der Waals surface area contributed by atoms with Crippen LogP contribution in [-0.4, -0.2) is 234 Å². The van der Waals surface area contributed by atoms with Gasteiger partial charge in [0.1, 0.15) is 43.2 Å². The number of aliphatic hydroxyl groups is 3. The summed E-state index contributed by atoms with van der Waals surface area (Å²) in [5, 5.41) is 253. The summed E-state index contributed by atoms with van der Waals surface area (Å²) in [5.41, 5.74) is -15.3. The monoisotopic (exact) mass is 1420 g/mol. The zero-order valence-electron chi connectivity index (χ0n) is 49.5. The first-order chi connectivity index (χ1) is 47.5. The molecule has 0 aliphatic carbocycles. The maximum atomic E-state index is 15.2. The Bertz CT molecular complexity index is 4840. The first-order valence-electron chi connectivity index (χ1n) is 28.2. The number of carbonyl (C=O) groups excluding carboxylic acids is 7. The van der Waals surface area contributed by atoms with Crippen LogP contribution in [0.2, 0.25) is 0 Å². The Labute approximate surface area is 554 Å². The molecule has 5 aliphatic heterocycles. The van der Waals surface area contributed by atoms with Crippen LogP contribution in [0.4, 0.5) is 0 Å². The number of rotatable bonds is 4. The minimum Gasteiger partial charge on any atom is -0.504 e. The van der Waals surface area contributed by atoms with Gasteiger partial charge in [-0.15, -0.1) is 0 Å². The molecule has 40 nitrogen and oxygen atoms in total. The van der Waals surface area contributed by atoms with Gasteiger partial charge in [-0.1, -0.05) is 0 Å². The standard InChI is InChI=1S/C61H44O40/c62-17-1-10-26(39(75)32(17)68)28-12(3-19(64)34(70)41(28)77)55(86)97-49-24(8-92-53(10)84)96-61(47(83)46(49)82)101-59(90)16-6-22(67)37(73)45(81)48(16)94-23-7-15-31(44(80)38(23)74)27-11(2-18(63)33(69)40(27)76)54(85)93-9-25-50(98-58(15)89)51-52(60(91)95-25)100-57(88)14-5-21(66)36(72)43(79)30(14)29-13(56(87)99-51)4-20(65)35(71)42(29)78/h1-7,24-25,46-47,49-52,60-83,91H,8-9H2. The van der Waals surface area contributed by atoms with Crippen LogP contribution in [0, 0.1) is 0 Å². The zero-order valence-corrected chi connectivity index (χ0v) is 49.5. The van der Waals surface area contributed by atoms with Gasteiger partial charge in [-0.3, -0.25) is 0 Å². The summed E-state index contributed by atoms with van der Waals surface area (Å²) in [4.78, 5) is 100. The third-order valence-corrected chi connectivity index (χ3v) is 16.4. The Morgan fingerprint density at radius 2 is 0.653 bits per heavy atom. The van der Waals surface area contributed by atoms with E-state index in [2.05, 4.69) is 0 Å². The van der Waals surface area contributed by atoms with Crippen molar-refractivity contribution in [1.82, 2.24) is 0 Å².